The molecule has 6 N–H and O–H groups in total. The fourth-order valence-corrected chi connectivity index (χ4v) is 1.70. The Morgan fingerprint density at radius 2 is 1.91 bits per heavy atom. The summed E-state index contributed by atoms with van der Waals surface area (Å²) in [6, 6.07) is -0.739. The van der Waals surface area contributed by atoms with E-state index in [0.29, 0.717) is 19.3 Å². The van der Waals surface area contributed by atoms with Crippen molar-refractivity contribution in [3.8, 4) is 0 Å². The molecule has 3 amide bonds. The molecule has 1 rings (SSSR count). The summed E-state index contributed by atoms with van der Waals surface area (Å²) < 4.78 is 5.19. The van der Waals surface area contributed by atoms with Crippen LogP contribution >= 0.6 is 0 Å². The summed E-state index contributed by atoms with van der Waals surface area (Å²) >= 11 is 0. The molecule has 0 aromatic carbocycles. The fourth-order valence-electron chi connectivity index (χ4n) is 1.70. The lowest BCUT2D eigenvalue weighted by atomic mass is 10.1. The van der Waals surface area contributed by atoms with Gasteiger partial charge in [0.1, 0.15) is 12.5 Å². The molecule has 0 saturated heterocycles. The Labute approximate surface area is 124 Å². The standard InChI is InChI=1S/C11H17N5O6/c12-7(17)5-8-15-16-9(22-8)6(14-11(20)21)3-1-2-4-13-10(18)19/h6,13-14H,1-5H2,(H2,12,17)(H,18,19)(H,20,21). The van der Waals surface area contributed by atoms with Gasteiger partial charge in [0.15, 0.2) is 0 Å². The summed E-state index contributed by atoms with van der Waals surface area (Å²) in [5.41, 5.74) is 5.00. The van der Waals surface area contributed by atoms with E-state index in [9.17, 15) is 14.4 Å². The van der Waals surface area contributed by atoms with E-state index in [0.717, 1.165) is 0 Å². The number of aromatic nitrogens is 2. The summed E-state index contributed by atoms with van der Waals surface area (Å²) in [5, 5.41) is 29.0. The van der Waals surface area contributed by atoms with Crippen molar-refractivity contribution < 1.29 is 29.0 Å². The predicted molar refractivity (Wildman–Crippen MR) is 71.0 cm³/mol. The van der Waals surface area contributed by atoms with Crippen LogP contribution in [-0.2, 0) is 11.2 Å². The van der Waals surface area contributed by atoms with Crippen molar-refractivity contribution in [1.82, 2.24) is 20.8 Å². The zero-order chi connectivity index (χ0) is 16.5. The van der Waals surface area contributed by atoms with Crippen molar-refractivity contribution in [2.24, 2.45) is 5.73 Å². The van der Waals surface area contributed by atoms with E-state index < -0.39 is 24.1 Å². The highest BCUT2D eigenvalue weighted by Gasteiger charge is 2.21. The molecule has 122 valence electrons. The second kappa shape index (κ2) is 8.44. The molecule has 0 aliphatic carbocycles. The van der Waals surface area contributed by atoms with E-state index in [4.69, 9.17) is 20.4 Å². The molecule has 1 aromatic heterocycles. The number of rotatable bonds is 9. The highest BCUT2D eigenvalue weighted by atomic mass is 16.4. The first-order valence-corrected chi connectivity index (χ1v) is 6.45. The Hall–Kier alpha value is -2.85. The van der Waals surface area contributed by atoms with Gasteiger partial charge in [-0.15, -0.1) is 10.2 Å². The number of hydrogen-bond donors (Lipinski definition) is 5. The first-order chi connectivity index (χ1) is 10.4. The molecule has 1 unspecified atom stereocenters. The van der Waals surface area contributed by atoms with Crippen LogP contribution in [0.2, 0.25) is 0 Å². The number of nitrogens with two attached hydrogens (primary N) is 1. The number of unbranched alkanes of at least 4 members (excludes halogenated alkanes) is 1. The zero-order valence-electron chi connectivity index (χ0n) is 11.6. The Balaban J connectivity index is 2.56. The average molecular weight is 315 g/mol. The minimum Gasteiger partial charge on any atom is -0.465 e. The lowest BCUT2D eigenvalue weighted by molar-refractivity contribution is -0.117. The van der Waals surface area contributed by atoms with Crippen LogP contribution < -0.4 is 16.4 Å². The van der Waals surface area contributed by atoms with Crippen molar-refractivity contribution in [2.45, 2.75) is 31.7 Å². The average Bonchev–Trinajstić information content (AvgIpc) is 2.83. The Kier molecular flexibility index (Phi) is 6.60. The number of nitrogens with zero attached hydrogens (tertiary/aromatic N) is 2. The summed E-state index contributed by atoms with van der Waals surface area (Å²) in [5.74, 6) is -0.602. The molecule has 11 nitrogen and oxygen atoms in total. The summed E-state index contributed by atoms with van der Waals surface area (Å²) in [6.07, 6.45) is -1.22. The molecule has 0 bridgehead atoms. The lowest BCUT2D eigenvalue weighted by Crippen LogP contribution is -2.27. The third kappa shape index (κ3) is 6.54. The molecular weight excluding hydrogens is 298 g/mol. The van der Waals surface area contributed by atoms with Crippen LogP contribution in [0.5, 0.6) is 0 Å². The third-order valence-corrected chi connectivity index (χ3v) is 2.60. The first-order valence-electron chi connectivity index (χ1n) is 6.45. The van der Waals surface area contributed by atoms with Crippen LogP contribution in [0.4, 0.5) is 9.59 Å². The van der Waals surface area contributed by atoms with Crippen LogP contribution in [0.1, 0.15) is 37.1 Å². The summed E-state index contributed by atoms with van der Waals surface area (Å²) in [6.45, 7) is 0.256. The van der Waals surface area contributed by atoms with Crippen LogP contribution in [0.15, 0.2) is 4.42 Å². The van der Waals surface area contributed by atoms with E-state index in [2.05, 4.69) is 20.8 Å². The molecule has 1 atom stereocenters. The van der Waals surface area contributed by atoms with Gasteiger partial charge in [0.05, 0.1) is 0 Å². The van der Waals surface area contributed by atoms with Gasteiger partial charge in [-0.3, -0.25) is 4.79 Å². The quantitative estimate of drug-likeness (QED) is 0.390. The van der Waals surface area contributed by atoms with Crippen LogP contribution in [-0.4, -0.2) is 45.0 Å². The fraction of sp³-hybridized carbons (Fsp3) is 0.545. The van der Waals surface area contributed by atoms with Gasteiger partial charge in [0, 0.05) is 6.54 Å². The molecule has 22 heavy (non-hydrogen) atoms. The zero-order valence-corrected chi connectivity index (χ0v) is 11.6. The first kappa shape index (κ1) is 17.2. The number of carbonyl (C=O) groups is 3. The number of carbonyl (C=O) groups excluding carboxylic acids is 1. The molecule has 11 heteroatoms. The normalized spacial score (nSPS) is 11.6. The third-order valence-electron chi connectivity index (χ3n) is 2.60. The van der Waals surface area contributed by atoms with E-state index >= 15 is 0 Å². The van der Waals surface area contributed by atoms with Crippen molar-refractivity contribution in [3.05, 3.63) is 11.8 Å². The van der Waals surface area contributed by atoms with E-state index in [1.54, 1.807) is 0 Å². The van der Waals surface area contributed by atoms with Gasteiger partial charge in [-0.2, -0.15) is 0 Å². The van der Waals surface area contributed by atoms with Crippen molar-refractivity contribution in [2.75, 3.05) is 6.54 Å². The smallest absolute Gasteiger partial charge is 0.405 e. The van der Waals surface area contributed by atoms with Gasteiger partial charge in [-0.1, -0.05) is 0 Å². The van der Waals surface area contributed by atoms with E-state index in [-0.39, 0.29) is 24.7 Å². The molecule has 0 spiro atoms. The number of carboxylic acid groups (broad SMARTS) is 2. The Morgan fingerprint density at radius 3 is 2.50 bits per heavy atom. The summed E-state index contributed by atoms with van der Waals surface area (Å²) in [7, 11) is 0. The van der Waals surface area contributed by atoms with Crippen molar-refractivity contribution >= 4 is 18.1 Å². The monoisotopic (exact) mass is 315 g/mol. The van der Waals surface area contributed by atoms with Gasteiger partial charge < -0.3 is 31.0 Å². The highest BCUT2D eigenvalue weighted by molar-refractivity contribution is 5.75. The molecule has 1 aromatic rings. The van der Waals surface area contributed by atoms with Gasteiger partial charge in [-0.05, 0) is 19.3 Å². The minimum atomic E-state index is -1.26. The Morgan fingerprint density at radius 1 is 1.18 bits per heavy atom. The topological polar surface area (TPSA) is 181 Å². The number of nitrogens with one attached hydrogen (secondary N) is 2. The molecule has 0 radical (unpaired) electrons. The largest absolute Gasteiger partial charge is 0.465 e. The molecular formula is C11H17N5O6. The van der Waals surface area contributed by atoms with Gasteiger partial charge in [0.2, 0.25) is 17.7 Å². The maximum absolute atomic E-state index is 10.8. The highest BCUT2D eigenvalue weighted by Crippen LogP contribution is 2.18. The molecule has 0 aliphatic rings. The molecule has 0 saturated carbocycles. The van der Waals surface area contributed by atoms with Crippen LogP contribution in [0.25, 0.3) is 0 Å². The molecule has 1 heterocycles. The second-order valence-electron chi connectivity index (χ2n) is 4.41. The maximum Gasteiger partial charge on any atom is 0.405 e. The van der Waals surface area contributed by atoms with Crippen molar-refractivity contribution in [3.63, 3.8) is 0 Å². The Bertz CT molecular complexity index is 531. The van der Waals surface area contributed by atoms with E-state index in [1.165, 1.54) is 0 Å². The lowest BCUT2D eigenvalue weighted by Gasteiger charge is -2.12. The molecule has 0 fully saturated rings. The van der Waals surface area contributed by atoms with Gasteiger partial charge in [0.25, 0.3) is 0 Å². The number of amides is 3. The predicted octanol–water partition coefficient (Wildman–Crippen LogP) is -0.156. The van der Waals surface area contributed by atoms with Gasteiger partial charge in [-0.25, -0.2) is 9.59 Å². The minimum absolute atomic E-state index is 0.00670. The maximum atomic E-state index is 10.8. The van der Waals surface area contributed by atoms with Crippen LogP contribution in [0, 0.1) is 0 Å². The van der Waals surface area contributed by atoms with Crippen molar-refractivity contribution in [1.29, 1.82) is 0 Å². The number of hydrogen-bond acceptors (Lipinski definition) is 6. The number of primary amides is 1. The van der Waals surface area contributed by atoms with Crippen LogP contribution in [0.3, 0.4) is 0 Å². The summed E-state index contributed by atoms with van der Waals surface area (Å²) in [4.78, 5) is 31.8. The van der Waals surface area contributed by atoms with Gasteiger partial charge >= 0.3 is 12.2 Å². The SMILES string of the molecule is NC(=O)Cc1nnc(C(CCCCNC(=O)O)NC(=O)O)o1. The molecule has 0 aliphatic heterocycles. The van der Waals surface area contributed by atoms with E-state index in [1.807, 2.05) is 0 Å². The second-order valence-corrected chi connectivity index (χ2v) is 4.41.